The van der Waals surface area contributed by atoms with Crippen molar-refractivity contribution in [3.63, 3.8) is 0 Å². The van der Waals surface area contributed by atoms with Crippen LogP contribution in [0.5, 0.6) is 0 Å². The van der Waals surface area contributed by atoms with E-state index in [1.54, 1.807) is 0 Å². The Balaban J connectivity index is 1.87. The van der Waals surface area contributed by atoms with Gasteiger partial charge in [0, 0.05) is 5.92 Å². The van der Waals surface area contributed by atoms with Crippen LogP contribution >= 0.6 is 0 Å². The van der Waals surface area contributed by atoms with E-state index in [4.69, 9.17) is 0 Å². The number of amidine groups is 1. The fraction of sp³-hybridized carbons (Fsp3) is 0.286. The zero-order chi connectivity index (χ0) is 11.8. The largest absolute Gasteiger partial charge is 0.308 e. The van der Waals surface area contributed by atoms with E-state index in [0.717, 1.165) is 24.2 Å². The van der Waals surface area contributed by atoms with Crippen molar-refractivity contribution in [1.29, 1.82) is 0 Å². The minimum atomic E-state index is -0.0764. The Kier molecular flexibility index (Phi) is 2.32. The van der Waals surface area contributed by atoms with Crippen molar-refractivity contribution in [3.8, 4) is 0 Å². The van der Waals surface area contributed by atoms with Gasteiger partial charge in [-0.15, -0.1) is 0 Å². The van der Waals surface area contributed by atoms with Crippen molar-refractivity contribution in [3.05, 3.63) is 41.1 Å². The number of benzene rings is 1. The van der Waals surface area contributed by atoms with Crippen LogP contribution in [0.1, 0.15) is 24.0 Å². The van der Waals surface area contributed by atoms with Gasteiger partial charge in [-0.2, -0.15) is 0 Å². The van der Waals surface area contributed by atoms with Gasteiger partial charge in [-0.05, 0) is 31.4 Å². The number of amides is 1. The van der Waals surface area contributed by atoms with E-state index in [1.807, 2.05) is 37.3 Å². The standard InChI is InChI=1S/C14H14N2O/c1-9-2-4-10(5-3-9)8-12-14(17)16-13(15-12)11-6-7-11/h2-5,8,11H,6-7H2,1H3,(H,15,16,17)/b12-8-. The molecule has 0 aromatic heterocycles. The fourth-order valence-corrected chi connectivity index (χ4v) is 1.86. The molecule has 1 aromatic rings. The number of carbonyl (C=O) groups is 1. The van der Waals surface area contributed by atoms with Crippen molar-refractivity contribution in [1.82, 2.24) is 5.32 Å². The summed E-state index contributed by atoms with van der Waals surface area (Å²) in [5.41, 5.74) is 2.75. The van der Waals surface area contributed by atoms with Crippen molar-refractivity contribution in [2.24, 2.45) is 10.9 Å². The van der Waals surface area contributed by atoms with Gasteiger partial charge in [0.2, 0.25) is 0 Å². The summed E-state index contributed by atoms with van der Waals surface area (Å²) < 4.78 is 0. The highest BCUT2D eigenvalue weighted by molar-refractivity contribution is 6.15. The average Bonchev–Trinajstić information content (AvgIpc) is 3.09. The lowest BCUT2D eigenvalue weighted by Crippen LogP contribution is -2.25. The third kappa shape index (κ3) is 2.13. The van der Waals surface area contributed by atoms with E-state index >= 15 is 0 Å². The van der Waals surface area contributed by atoms with Crippen LogP contribution < -0.4 is 5.32 Å². The highest BCUT2D eigenvalue weighted by Crippen LogP contribution is 2.32. The summed E-state index contributed by atoms with van der Waals surface area (Å²) >= 11 is 0. The van der Waals surface area contributed by atoms with E-state index < -0.39 is 0 Å². The molecule has 17 heavy (non-hydrogen) atoms. The number of aryl methyl sites for hydroxylation is 1. The van der Waals surface area contributed by atoms with Gasteiger partial charge in [-0.3, -0.25) is 4.79 Å². The Labute approximate surface area is 100 Å². The normalized spacial score (nSPS) is 21.6. The molecule has 1 aliphatic carbocycles. The van der Waals surface area contributed by atoms with Crippen LogP contribution in [0.25, 0.3) is 6.08 Å². The number of carbonyl (C=O) groups excluding carboxylic acids is 1. The summed E-state index contributed by atoms with van der Waals surface area (Å²) in [6.07, 6.45) is 4.14. The molecule has 0 radical (unpaired) electrons. The number of hydrogen-bond acceptors (Lipinski definition) is 2. The van der Waals surface area contributed by atoms with Crippen LogP contribution in [0, 0.1) is 12.8 Å². The van der Waals surface area contributed by atoms with Crippen LogP contribution in [-0.2, 0) is 4.79 Å². The predicted molar refractivity (Wildman–Crippen MR) is 67.5 cm³/mol. The molecule has 1 N–H and O–H groups in total. The van der Waals surface area contributed by atoms with Gasteiger partial charge in [0.05, 0.1) is 0 Å². The predicted octanol–water partition coefficient (Wildman–Crippen LogP) is 2.27. The Hall–Kier alpha value is -1.90. The topological polar surface area (TPSA) is 41.5 Å². The third-order valence-electron chi connectivity index (χ3n) is 3.06. The van der Waals surface area contributed by atoms with Crippen molar-refractivity contribution in [2.75, 3.05) is 0 Å². The molecule has 1 saturated carbocycles. The third-order valence-corrected chi connectivity index (χ3v) is 3.06. The maximum atomic E-state index is 11.7. The van der Waals surface area contributed by atoms with Crippen LogP contribution in [0.2, 0.25) is 0 Å². The molecule has 0 saturated heterocycles. The van der Waals surface area contributed by atoms with Crippen molar-refractivity contribution < 1.29 is 4.79 Å². The number of nitrogens with zero attached hydrogens (tertiary/aromatic N) is 1. The minimum Gasteiger partial charge on any atom is -0.308 e. The molecule has 3 rings (SSSR count). The molecular weight excluding hydrogens is 212 g/mol. The number of aliphatic imine (C=N–C) groups is 1. The second-order valence-electron chi connectivity index (χ2n) is 4.67. The zero-order valence-electron chi connectivity index (χ0n) is 9.73. The first kappa shape index (κ1) is 10.3. The van der Waals surface area contributed by atoms with Gasteiger partial charge in [0.25, 0.3) is 5.91 Å². The first-order valence-corrected chi connectivity index (χ1v) is 5.91. The molecule has 3 nitrogen and oxygen atoms in total. The van der Waals surface area contributed by atoms with E-state index in [2.05, 4.69) is 10.3 Å². The quantitative estimate of drug-likeness (QED) is 0.772. The molecule has 3 heteroatoms. The molecule has 1 heterocycles. The summed E-state index contributed by atoms with van der Waals surface area (Å²) in [5, 5.41) is 2.84. The summed E-state index contributed by atoms with van der Waals surface area (Å²) in [6, 6.07) is 8.07. The smallest absolute Gasteiger partial charge is 0.275 e. The number of nitrogens with one attached hydrogen (secondary N) is 1. The molecule has 2 aliphatic rings. The van der Waals surface area contributed by atoms with Crippen LogP contribution in [0.15, 0.2) is 35.0 Å². The Morgan fingerprint density at radius 2 is 2.00 bits per heavy atom. The highest BCUT2D eigenvalue weighted by Gasteiger charge is 2.33. The van der Waals surface area contributed by atoms with E-state index in [0.29, 0.717) is 11.6 Å². The molecule has 1 fully saturated rings. The van der Waals surface area contributed by atoms with Gasteiger partial charge in [-0.25, -0.2) is 4.99 Å². The Morgan fingerprint density at radius 1 is 1.29 bits per heavy atom. The lowest BCUT2D eigenvalue weighted by molar-refractivity contribution is -0.115. The molecule has 1 amide bonds. The summed E-state index contributed by atoms with van der Waals surface area (Å²) in [6.45, 7) is 2.04. The minimum absolute atomic E-state index is 0.0764. The van der Waals surface area contributed by atoms with Crippen molar-refractivity contribution >= 4 is 17.8 Å². The maximum absolute atomic E-state index is 11.7. The number of rotatable bonds is 2. The average molecular weight is 226 g/mol. The van der Waals surface area contributed by atoms with E-state index in [1.165, 1.54) is 5.56 Å². The van der Waals surface area contributed by atoms with Gasteiger partial charge in [0.15, 0.2) is 0 Å². The van der Waals surface area contributed by atoms with Gasteiger partial charge in [-0.1, -0.05) is 29.8 Å². The monoisotopic (exact) mass is 226 g/mol. The summed E-state index contributed by atoms with van der Waals surface area (Å²) in [7, 11) is 0. The Morgan fingerprint density at radius 3 is 2.65 bits per heavy atom. The SMILES string of the molecule is Cc1ccc(/C=C2\N=C(C3CC3)NC2=O)cc1. The van der Waals surface area contributed by atoms with Gasteiger partial charge < -0.3 is 5.32 Å². The second-order valence-corrected chi connectivity index (χ2v) is 4.67. The first-order valence-electron chi connectivity index (χ1n) is 5.91. The molecule has 0 atom stereocenters. The molecule has 86 valence electrons. The maximum Gasteiger partial charge on any atom is 0.275 e. The zero-order valence-corrected chi connectivity index (χ0v) is 9.73. The molecule has 0 bridgehead atoms. The molecule has 0 spiro atoms. The fourth-order valence-electron chi connectivity index (χ4n) is 1.86. The van der Waals surface area contributed by atoms with Crippen molar-refractivity contribution in [2.45, 2.75) is 19.8 Å². The molecule has 1 aliphatic heterocycles. The second kappa shape index (κ2) is 3.84. The number of hydrogen-bond donors (Lipinski definition) is 1. The molecular formula is C14H14N2O. The van der Waals surface area contributed by atoms with Gasteiger partial charge >= 0.3 is 0 Å². The van der Waals surface area contributed by atoms with E-state index in [-0.39, 0.29) is 5.91 Å². The Bertz CT molecular complexity index is 522. The van der Waals surface area contributed by atoms with Gasteiger partial charge in [0.1, 0.15) is 11.5 Å². The van der Waals surface area contributed by atoms with Crippen LogP contribution in [0.3, 0.4) is 0 Å². The lowest BCUT2D eigenvalue weighted by Gasteiger charge is -1.95. The van der Waals surface area contributed by atoms with Crippen LogP contribution in [0.4, 0.5) is 0 Å². The first-order chi connectivity index (χ1) is 8.22. The molecule has 1 aromatic carbocycles. The van der Waals surface area contributed by atoms with Crippen LogP contribution in [-0.4, -0.2) is 11.7 Å². The highest BCUT2D eigenvalue weighted by atomic mass is 16.2. The summed E-state index contributed by atoms with van der Waals surface area (Å²) in [5.74, 6) is 1.27. The summed E-state index contributed by atoms with van der Waals surface area (Å²) in [4.78, 5) is 16.1. The molecule has 0 unspecified atom stereocenters. The lowest BCUT2D eigenvalue weighted by atomic mass is 10.1. The van der Waals surface area contributed by atoms with E-state index in [9.17, 15) is 4.79 Å².